The van der Waals surface area contributed by atoms with E-state index >= 15 is 0 Å². The molecule has 2 heterocycles. The highest BCUT2D eigenvalue weighted by Crippen LogP contribution is 2.66. The van der Waals surface area contributed by atoms with E-state index in [1.807, 2.05) is 12.1 Å². The van der Waals surface area contributed by atoms with E-state index in [2.05, 4.69) is 0 Å². The fourth-order valence-electron chi connectivity index (χ4n) is 7.54. The zero-order valence-corrected chi connectivity index (χ0v) is 21.7. The first-order chi connectivity index (χ1) is 18.2. The molecule has 6 unspecified atom stereocenters. The number of rotatable bonds is 5. The highest BCUT2D eigenvalue weighted by atomic mass is 17.3. The van der Waals surface area contributed by atoms with Crippen LogP contribution in [-0.4, -0.2) is 69.8 Å². The Balaban J connectivity index is 1.35. The first-order valence-electron chi connectivity index (χ1n) is 13.6. The van der Waals surface area contributed by atoms with Gasteiger partial charge in [0, 0.05) is 24.5 Å². The van der Waals surface area contributed by atoms with Crippen molar-refractivity contribution < 1.29 is 49.2 Å². The second-order valence-electron chi connectivity index (χ2n) is 11.3. The van der Waals surface area contributed by atoms with Gasteiger partial charge in [-0.1, -0.05) is 29.7 Å². The summed E-state index contributed by atoms with van der Waals surface area (Å²) in [5.74, 6) is -1.89. The second kappa shape index (κ2) is 9.55. The van der Waals surface area contributed by atoms with E-state index in [1.54, 1.807) is 25.7 Å². The summed E-state index contributed by atoms with van der Waals surface area (Å²) in [6.45, 7) is 1.80. The molecular formula is C28H36O10. The highest BCUT2D eigenvalue weighted by Gasteiger charge is 2.75. The smallest absolute Gasteiger partial charge is 0.335 e. The Kier molecular flexibility index (Phi) is 6.58. The molecule has 10 heteroatoms. The highest BCUT2D eigenvalue weighted by molar-refractivity contribution is 5.73. The summed E-state index contributed by atoms with van der Waals surface area (Å²) in [5.41, 5.74) is 3.80. The molecule has 5 aliphatic rings. The third kappa shape index (κ3) is 3.62. The molecule has 208 valence electrons. The van der Waals surface area contributed by atoms with Crippen LogP contribution in [0.3, 0.4) is 0 Å². The van der Waals surface area contributed by atoms with Crippen LogP contribution in [0.25, 0.3) is 0 Å². The lowest BCUT2D eigenvalue weighted by Crippen LogP contribution is -2.74. The van der Waals surface area contributed by atoms with Crippen molar-refractivity contribution in [2.24, 2.45) is 11.8 Å². The Hall–Kier alpha value is -2.05. The van der Waals surface area contributed by atoms with Crippen LogP contribution in [0.15, 0.2) is 29.3 Å². The van der Waals surface area contributed by atoms with Crippen molar-refractivity contribution in [1.29, 1.82) is 0 Å². The fourth-order valence-corrected chi connectivity index (χ4v) is 7.54. The van der Waals surface area contributed by atoms with Gasteiger partial charge in [-0.3, -0.25) is 0 Å². The van der Waals surface area contributed by atoms with Gasteiger partial charge in [0.15, 0.2) is 11.7 Å². The van der Waals surface area contributed by atoms with Crippen LogP contribution in [-0.2, 0) is 29.8 Å². The molecule has 1 spiro atoms. The lowest BCUT2D eigenvalue weighted by atomic mass is 9.53. The number of carboxylic acids is 1. The normalized spacial score (nSPS) is 42.4. The molecule has 10 nitrogen and oxygen atoms in total. The number of ether oxygens (including phenoxy) is 3. The summed E-state index contributed by atoms with van der Waals surface area (Å²) in [5, 5.41) is 40.1. The summed E-state index contributed by atoms with van der Waals surface area (Å²) in [4.78, 5) is 23.6. The molecule has 1 aromatic rings. The van der Waals surface area contributed by atoms with E-state index < -0.39 is 48.1 Å². The van der Waals surface area contributed by atoms with Crippen LogP contribution in [0, 0.1) is 18.8 Å². The predicted octanol–water partition coefficient (Wildman–Crippen LogP) is 2.46. The quantitative estimate of drug-likeness (QED) is 0.330. The van der Waals surface area contributed by atoms with Crippen LogP contribution < -0.4 is 4.74 Å². The lowest BCUT2D eigenvalue weighted by molar-refractivity contribution is -0.639. The van der Waals surface area contributed by atoms with Gasteiger partial charge >= 0.3 is 5.97 Å². The van der Waals surface area contributed by atoms with E-state index in [9.17, 15) is 25.2 Å². The molecule has 3 fully saturated rings. The zero-order chi connectivity index (χ0) is 26.8. The number of fused-ring (bicyclic) bond motifs is 1. The number of hydrogen-bond acceptors (Lipinski definition) is 9. The van der Waals surface area contributed by atoms with E-state index in [1.165, 1.54) is 18.4 Å². The molecule has 2 aliphatic heterocycles. The Labute approximate surface area is 221 Å². The third-order valence-corrected chi connectivity index (χ3v) is 9.43. The monoisotopic (exact) mass is 532 g/mol. The summed E-state index contributed by atoms with van der Waals surface area (Å²) < 4.78 is 17.5. The standard InChI is InChI=1S/C28H36O10/c1-14-10-11-17(13-20(14)35-26-23(31)21(29)22(30)24(36-26)25(32)33)28(34-2)27(37-38-28)16-7-5-9-19(27)18-8-4-3-6-15(18)12-16/h10-11,13,16,19,21-24,26,29-31H,3-9,12H2,1-2H3,(H,32,33)/t16?,19?,21-,22-,23?,24?,26+,27?,28?/m0/s1. The molecule has 9 atom stereocenters. The number of hydrogen-bond donors (Lipinski definition) is 4. The van der Waals surface area contributed by atoms with Crippen molar-refractivity contribution in [1.82, 2.24) is 0 Å². The topological polar surface area (TPSA) is 144 Å². The minimum Gasteiger partial charge on any atom is -0.479 e. The van der Waals surface area contributed by atoms with Gasteiger partial charge in [-0.05, 0) is 63.5 Å². The van der Waals surface area contributed by atoms with Crippen molar-refractivity contribution in [3.05, 3.63) is 40.5 Å². The number of aliphatic hydroxyl groups excluding tert-OH is 3. The molecule has 4 N–H and O–H groups in total. The molecule has 1 aromatic carbocycles. The molecule has 2 saturated heterocycles. The van der Waals surface area contributed by atoms with Gasteiger partial charge in [-0.2, -0.15) is 4.89 Å². The van der Waals surface area contributed by atoms with Crippen LogP contribution in [0.5, 0.6) is 5.75 Å². The van der Waals surface area contributed by atoms with Crippen LogP contribution in [0.2, 0.25) is 0 Å². The van der Waals surface area contributed by atoms with Gasteiger partial charge in [-0.15, -0.1) is 0 Å². The first kappa shape index (κ1) is 26.2. The van der Waals surface area contributed by atoms with Gasteiger partial charge in [0.2, 0.25) is 6.29 Å². The van der Waals surface area contributed by atoms with Gasteiger partial charge in [-0.25, -0.2) is 9.68 Å². The second-order valence-corrected chi connectivity index (χ2v) is 11.3. The average molecular weight is 533 g/mol. The van der Waals surface area contributed by atoms with Crippen LogP contribution in [0.1, 0.15) is 62.5 Å². The molecule has 38 heavy (non-hydrogen) atoms. The van der Waals surface area contributed by atoms with Crippen molar-refractivity contribution in [2.75, 3.05) is 7.11 Å². The number of allylic oxidation sites excluding steroid dienone is 1. The molecule has 0 radical (unpaired) electrons. The van der Waals surface area contributed by atoms with Crippen molar-refractivity contribution in [2.45, 2.75) is 100 Å². The van der Waals surface area contributed by atoms with E-state index in [4.69, 9.17) is 24.0 Å². The molecule has 0 aromatic heterocycles. The van der Waals surface area contributed by atoms with Gasteiger partial charge in [0.05, 0.1) is 0 Å². The SMILES string of the molecule is COC1(c2ccc(C)c(O[C@@H]3OC(C(=O)O)[C@@H](O)[C@H](O)C3O)c2)OOC12C1CCCC2C2=C(CCCC2)C1. The number of aliphatic carboxylic acids is 1. The summed E-state index contributed by atoms with van der Waals surface area (Å²) >= 11 is 0. The van der Waals surface area contributed by atoms with Crippen LogP contribution >= 0.6 is 0 Å². The largest absolute Gasteiger partial charge is 0.479 e. The Bertz CT molecular complexity index is 1130. The van der Waals surface area contributed by atoms with Crippen molar-refractivity contribution in [3.63, 3.8) is 0 Å². The number of aryl methyl sites for hydroxylation is 1. The molecular weight excluding hydrogens is 496 g/mol. The first-order valence-corrected chi connectivity index (χ1v) is 13.6. The average Bonchev–Trinajstić information content (AvgIpc) is 2.90. The minimum atomic E-state index is -1.79. The van der Waals surface area contributed by atoms with Gasteiger partial charge in [0.1, 0.15) is 24.1 Å². The van der Waals surface area contributed by atoms with Gasteiger partial charge < -0.3 is 34.6 Å². The maximum atomic E-state index is 11.5. The maximum Gasteiger partial charge on any atom is 0.335 e. The number of methoxy groups -OCH3 is 1. The number of benzene rings is 1. The summed E-state index contributed by atoms with van der Waals surface area (Å²) in [6.07, 6.45) is 0.324. The minimum absolute atomic E-state index is 0.195. The summed E-state index contributed by atoms with van der Waals surface area (Å²) in [6, 6.07) is 5.49. The van der Waals surface area contributed by atoms with Crippen molar-refractivity contribution >= 4 is 5.97 Å². The van der Waals surface area contributed by atoms with E-state index in [0.717, 1.165) is 38.5 Å². The maximum absolute atomic E-state index is 11.5. The van der Waals surface area contributed by atoms with E-state index in [0.29, 0.717) is 16.9 Å². The molecule has 3 aliphatic carbocycles. The van der Waals surface area contributed by atoms with Gasteiger partial charge in [0.25, 0.3) is 5.79 Å². The number of carbonyl (C=O) groups is 1. The lowest BCUT2D eigenvalue weighted by Gasteiger charge is -2.65. The summed E-state index contributed by atoms with van der Waals surface area (Å²) in [7, 11) is 1.62. The molecule has 6 rings (SSSR count). The molecule has 2 bridgehead atoms. The Morgan fingerprint density at radius 1 is 1.03 bits per heavy atom. The zero-order valence-electron chi connectivity index (χ0n) is 21.7. The van der Waals surface area contributed by atoms with Crippen LogP contribution in [0.4, 0.5) is 0 Å². The predicted molar refractivity (Wildman–Crippen MR) is 131 cm³/mol. The third-order valence-electron chi connectivity index (χ3n) is 9.43. The van der Waals surface area contributed by atoms with E-state index in [-0.39, 0.29) is 11.8 Å². The molecule has 0 amide bonds. The van der Waals surface area contributed by atoms with Crippen molar-refractivity contribution in [3.8, 4) is 5.75 Å². The Morgan fingerprint density at radius 3 is 2.53 bits per heavy atom. The Morgan fingerprint density at radius 2 is 1.82 bits per heavy atom. The number of carboxylic acid groups (broad SMARTS) is 1. The number of aliphatic hydroxyl groups is 3. The fraction of sp³-hybridized carbons (Fsp3) is 0.679. The molecule has 1 saturated carbocycles.